The van der Waals surface area contributed by atoms with Crippen molar-refractivity contribution >= 4 is 0 Å². The van der Waals surface area contributed by atoms with Crippen LogP contribution in [0.15, 0.2) is 0 Å². The van der Waals surface area contributed by atoms with Gasteiger partial charge in [0.25, 0.3) is 0 Å². The minimum absolute atomic E-state index is 0.465. The van der Waals surface area contributed by atoms with Crippen molar-refractivity contribution in [2.24, 2.45) is 11.1 Å². The first-order chi connectivity index (χ1) is 8.51. The molecule has 0 aromatic heterocycles. The molecule has 1 fully saturated rings. The van der Waals surface area contributed by atoms with Gasteiger partial charge in [-0.3, -0.25) is 0 Å². The van der Waals surface area contributed by atoms with Crippen LogP contribution in [0.1, 0.15) is 46.5 Å². The summed E-state index contributed by atoms with van der Waals surface area (Å²) in [5.74, 6) is 0. The van der Waals surface area contributed by atoms with E-state index in [0.29, 0.717) is 5.41 Å². The summed E-state index contributed by atoms with van der Waals surface area (Å²) in [6, 6.07) is 0. The smallest absolute Gasteiger partial charge is 0.0109 e. The highest BCUT2D eigenvalue weighted by atomic mass is 15.2. The topological polar surface area (TPSA) is 32.5 Å². The molecule has 1 saturated heterocycles. The Hall–Kier alpha value is -0.120. The Morgan fingerprint density at radius 1 is 0.889 bits per heavy atom. The number of hydrogen-bond donors (Lipinski definition) is 1. The van der Waals surface area contributed by atoms with Crippen LogP contribution in [0, 0.1) is 5.41 Å². The van der Waals surface area contributed by atoms with Crippen LogP contribution in [0.4, 0.5) is 0 Å². The normalized spacial score (nSPS) is 20.0. The molecule has 108 valence electrons. The fourth-order valence-electron chi connectivity index (χ4n) is 2.44. The van der Waals surface area contributed by atoms with Gasteiger partial charge < -0.3 is 15.5 Å². The number of nitrogens with two attached hydrogens (primary N) is 1. The Morgan fingerprint density at radius 2 is 1.50 bits per heavy atom. The standard InChI is InChI=1S/C15H33N3/c1-15(2,3)7-12-18-11-6-10-17(13-14-18)9-5-4-8-16/h4-14,16H2,1-3H3. The molecule has 1 aliphatic rings. The lowest BCUT2D eigenvalue weighted by Gasteiger charge is -2.25. The van der Waals surface area contributed by atoms with E-state index >= 15 is 0 Å². The van der Waals surface area contributed by atoms with Crippen molar-refractivity contribution in [3.05, 3.63) is 0 Å². The van der Waals surface area contributed by atoms with Gasteiger partial charge in [0.2, 0.25) is 0 Å². The maximum Gasteiger partial charge on any atom is 0.0109 e. The van der Waals surface area contributed by atoms with Gasteiger partial charge in [-0.25, -0.2) is 0 Å². The van der Waals surface area contributed by atoms with Crippen molar-refractivity contribution in [2.45, 2.75) is 46.5 Å². The molecule has 0 aromatic carbocycles. The molecule has 0 unspecified atom stereocenters. The van der Waals surface area contributed by atoms with Gasteiger partial charge in [-0.05, 0) is 63.8 Å². The SMILES string of the molecule is CC(C)(C)CCN1CCCN(CCCCN)CC1. The largest absolute Gasteiger partial charge is 0.330 e. The maximum absolute atomic E-state index is 5.55. The Labute approximate surface area is 114 Å². The molecule has 0 bridgehead atoms. The Kier molecular flexibility index (Phi) is 7.20. The van der Waals surface area contributed by atoms with Crippen LogP contribution in [0.2, 0.25) is 0 Å². The van der Waals surface area contributed by atoms with Crippen LogP contribution in [0.3, 0.4) is 0 Å². The molecule has 3 heteroatoms. The third-order valence-corrected chi connectivity index (χ3v) is 3.79. The predicted octanol–water partition coefficient (Wildman–Crippen LogP) is 2.17. The molecular weight excluding hydrogens is 222 g/mol. The van der Waals surface area contributed by atoms with Gasteiger partial charge in [-0.2, -0.15) is 0 Å². The van der Waals surface area contributed by atoms with E-state index in [1.54, 1.807) is 0 Å². The molecule has 0 aromatic rings. The molecule has 1 aliphatic heterocycles. The van der Waals surface area contributed by atoms with Crippen molar-refractivity contribution < 1.29 is 0 Å². The first-order valence-electron chi connectivity index (χ1n) is 7.66. The van der Waals surface area contributed by atoms with Gasteiger partial charge in [0, 0.05) is 13.1 Å². The fraction of sp³-hybridized carbons (Fsp3) is 1.00. The second-order valence-electron chi connectivity index (χ2n) is 6.84. The van der Waals surface area contributed by atoms with Crippen molar-refractivity contribution in [2.75, 3.05) is 45.8 Å². The van der Waals surface area contributed by atoms with E-state index in [2.05, 4.69) is 30.6 Å². The number of hydrogen-bond acceptors (Lipinski definition) is 3. The van der Waals surface area contributed by atoms with Crippen LogP contribution >= 0.6 is 0 Å². The summed E-state index contributed by atoms with van der Waals surface area (Å²) in [5, 5.41) is 0. The van der Waals surface area contributed by atoms with Gasteiger partial charge in [-0.15, -0.1) is 0 Å². The summed E-state index contributed by atoms with van der Waals surface area (Å²) >= 11 is 0. The average molecular weight is 255 g/mol. The van der Waals surface area contributed by atoms with Gasteiger partial charge in [-0.1, -0.05) is 20.8 Å². The zero-order chi connectivity index (χ0) is 13.4. The van der Waals surface area contributed by atoms with Gasteiger partial charge in [0.15, 0.2) is 0 Å². The molecule has 1 rings (SSSR count). The Balaban J connectivity index is 2.19. The quantitative estimate of drug-likeness (QED) is 0.738. The number of unbranched alkanes of at least 4 members (excludes halogenated alkanes) is 1. The highest BCUT2D eigenvalue weighted by molar-refractivity contribution is 4.72. The molecule has 0 radical (unpaired) electrons. The first kappa shape index (κ1) is 15.9. The zero-order valence-corrected chi connectivity index (χ0v) is 12.7. The second kappa shape index (κ2) is 8.13. The van der Waals surface area contributed by atoms with Crippen molar-refractivity contribution in [1.29, 1.82) is 0 Å². The highest BCUT2D eigenvalue weighted by Crippen LogP contribution is 2.19. The van der Waals surface area contributed by atoms with Crippen molar-refractivity contribution in [3.8, 4) is 0 Å². The van der Waals surface area contributed by atoms with E-state index in [0.717, 1.165) is 6.54 Å². The molecule has 0 amide bonds. The van der Waals surface area contributed by atoms with Crippen LogP contribution < -0.4 is 5.73 Å². The van der Waals surface area contributed by atoms with Crippen LogP contribution in [-0.2, 0) is 0 Å². The van der Waals surface area contributed by atoms with Gasteiger partial charge in [0.1, 0.15) is 0 Å². The van der Waals surface area contributed by atoms with E-state index < -0.39 is 0 Å². The summed E-state index contributed by atoms with van der Waals surface area (Å²) in [5.41, 5.74) is 6.02. The van der Waals surface area contributed by atoms with E-state index in [1.807, 2.05) is 0 Å². The average Bonchev–Trinajstić information content (AvgIpc) is 2.51. The van der Waals surface area contributed by atoms with E-state index in [4.69, 9.17) is 5.73 Å². The van der Waals surface area contributed by atoms with Gasteiger partial charge in [0.05, 0.1) is 0 Å². The predicted molar refractivity (Wildman–Crippen MR) is 79.9 cm³/mol. The minimum atomic E-state index is 0.465. The van der Waals surface area contributed by atoms with E-state index in [1.165, 1.54) is 65.0 Å². The summed E-state index contributed by atoms with van der Waals surface area (Å²) in [7, 11) is 0. The second-order valence-corrected chi connectivity index (χ2v) is 6.84. The Bertz CT molecular complexity index is 210. The van der Waals surface area contributed by atoms with E-state index in [-0.39, 0.29) is 0 Å². The highest BCUT2D eigenvalue weighted by Gasteiger charge is 2.17. The molecule has 0 atom stereocenters. The van der Waals surface area contributed by atoms with Crippen molar-refractivity contribution in [3.63, 3.8) is 0 Å². The summed E-state index contributed by atoms with van der Waals surface area (Å²) in [4.78, 5) is 5.26. The lowest BCUT2D eigenvalue weighted by atomic mass is 9.92. The van der Waals surface area contributed by atoms with E-state index in [9.17, 15) is 0 Å². The number of nitrogens with zero attached hydrogens (tertiary/aromatic N) is 2. The number of rotatable bonds is 6. The third-order valence-electron chi connectivity index (χ3n) is 3.79. The third kappa shape index (κ3) is 7.34. The lowest BCUT2D eigenvalue weighted by molar-refractivity contribution is 0.224. The molecule has 1 heterocycles. The van der Waals surface area contributed by atoms with Gasteiger partial charge >= 0.3 is 0 Å². The molecule has 18 heavy (non-hydrogen) atoms. The first-order valence-corrected chi connectivity index (χ1v) is 7.66. The molecular formula is C15H33N3. The van der Waals surface area contributed by atoms with Crippen LogP contribution in [0.5, 0.6) is 0 Å². The maximum atomic E-state index is 5.55. The van der Waals surface area contributed by atoms with Crippen LogP contribution in [0.25, 0.3) is 0 Å². The molecule has 0 aliphatic carbocycles. The summed E-state index contributed by atoms with van der Waals surface area (Å²) in [6.45, 7) is 15.4. The Morgan fingerprint density at radius 3 is 2.06 bits per heavy atom. The minimum Gasteiger partial charge on any atom is -0.330 e. The summed E-state index contributed by atoms with van der Waals surface area (Å²) in [6.07, 6.45) is 5.07. The molecule has 3 nitrogen and oxygen atoms in total. The lowest BCUT2D eigenvalue weighted by Crippen LogP contribution is -2.33. The van der Waals surface area contributed by atoms with Crippen LogP contribution in [-0.4, -0.2) is 55.6 Å². The molecule has 0 spiro atoms. The van der Waals surface area contributed by atoms with Crippen molar-refractivity contribution in [1.82, 2.24) is 9.80 Å². The fourth-order valence-corrected chi connectivity index (χ4v) is 2.44. The summed E-state index contributed by atoms with van der Waals surface area (Å²) < 4.78 is 0. The molecule has 2 N–H and O–H groups in total. The molecule has 0 saturated carbocycles. The monoisotopic (exact) mass is 255 g/mol. The zero-order valence-electron chi connectivity index (χ0n) is 12.7.